The number of rotatable bonds is 10. The Bertz CT molecular complexity index is 1010. The molecule has 0 heterocycles. The van der Waals surface area contributed by atoms with E-state index in [-0.39, 0.29) is 17.1 Å². The molecule has 0 fully saturated rings. The van der Waals surface area contributed by atoms with Crippen LogP contribution in [0.4, 0.5) is 11.4 Å². The van der Waals surface area contributed by atoms with E-state index in [1.54, 1.807) is 0 Å². The molecule has 1 atom stereocenters. The summed E-state index contributed by atoms with van der Waals surface area (Å²) < 4.78 is 5.77. The van der Waals surface area contributed by atoms with Gasteiger partial charge in [-0.1, -0.05) is 31.5 Å². The summed E-state index contributed by atoms with van der Waals surface area (Å²) in [6, 6.07) is 24.4. The molecule has 0 radical (unpaired) electrons. The van der Waals surface area contributed by atoms with E-state index in [9.17, 15) is 9.59 Å². The summed E-state index contributed by atoms with van der Waals surface area (Å²) in [5, 5.41) is 5.55. The lowest BCUT2D eigenvalue weighted by atomic mass is 10.2. The van der Waals surface area contributed by atoms with Crippen molar-refractivity contribution in [3.63, 3.8) is 0 Å². The van der Waals surface area contributed by atoms with E-state index in [2.05, 4.69) is 17.6 Å². The number of para-hydroxylation sites is 1. The SMILES string of the molecule is CCCCC(=O)Nc1ccc(SC(C)C(=O)Nc2ccc(Oc3ccccc3)cc2)cc1. The van der Waals surface area contributed by atoms with E-state index >= 15 is 0 Å². The van der Waals surface area contributed by atoms with Crippen LogP contribution in [0.25, 0.3) is 0 Å². The summed E-state index contributed by atoms with van der Waals surface area (Å²) in [5.74, 6) is 1.42. The molecular weight excluding hydrogens is 420 g/mol. The van der Waals surface area contributed by atoms with Crippen LogP contribution in [0.1, 0.15) is 33.1 Å². The van der Waals surface area contributed by atoms with Gasteiger partial charge in [0, 0.05) is 22.7 Å². The zero-order valence-corrected chi connectivity index (χ0v) is 19.2. The molecule has 32 heavy (non-hydrogen) atoms. The molecule has 2 amide bonds. The fourth-order valence-corrected chi connectivity index (χ4v) is 3.78. The lowest BCUT2D eigenvalue weighted by Crippen LogP contribution is -2.22. The van der Waals surface area contributed by atoms with E-state index in [1.165, 1.54) is 11.8 Å². The van der Waals surface area contributed by atoms with Gasteiger partial charge >= 0.3 is 0 Å². The molecule has 0 aliphatic rings. The Labute approximate surface area is 193 Å². The second kappa shape index (κ2) is 12.0. The van der Waals surface area contributed by atoms with Crippen LogP contribution in [0.5, 0.6) is 11.5 Å². The van der Waals surface area contributed by atoms with Crippen LogP contribution in [0.2, 0.25) is 0 Å². The maximum absolute atomic E-state index is 12.6. The quantitative estimate of drug-likeness (QED) is 0.338. The minimum absolute atomic E-state index is 0.0279. The second-order valence-electron chi connectivity index (χ2n) is 7.36. The number of carbonyl (C=O) groups is 2. The topological polar surface area (TPSA) is 67.4 Å². The number of amides is 2. The van der Waals surface area contributed by atoms with Crippen molar-refractivity contribution in [1.29, 1.82) is 0 Å². The largest absolute Gasteiger partial charge is 0.457 e. The number of unbranched alkanes of at least 4 members (excludes halogenated alkanes) is 1. The zero-order chi connectivity index (χ0) is 22.8. The van der Waals surface area contributed by atoms with Gasteiger partial charge in [0.25, 0.3) is 0 Å². The number of nitrogens with one attached hydrogen (secondary N) is 2. The number of carbonyl (C=O) groups excluding carboxylic acids is 2. The molecular formula is C26H28N2O3S. The fraction of sp³-hybridized carbons (Fsp3) is 0.231. The molecule has 0 saturated carbocycles. The molecule has 0 aliphatic heterocycles. The summed E-state index contributed by atoms with van der Waals surface area (Å²) in [5.41, 5.74) is 1.48. The minimum Gasteiger partial charge on any atom is -0.457 e. The normalized spacial score (nSPS) is 11.4. The van der Waals surface area contributed by atoms with Gasteiger partial charge in [-0.3, -0.25) is 9.59 Å². The van der Waals surface area contributed by atoms with Crippen LogP contribution in [0, 0.1) is 0 Å². The Kier molecular flexibility index (Phi) is 8.75. The average Bonchev–Trinajstić information content (AvgIpc) is 2.81. The van der Waals surface area contributed by atoms with Crippen molar-refractivity contribution in [2.45, 2.75) is 43.3 Å². The third-order valence-corrected chi connectivity index (χ3v) is 5.79. The van der Waals surface area contributed by atoms with Gasteiger partial charge < -0.3 is 15.4 Å². The molecule has 5 nitrogen and oxygen atoms in total. The Morgan fingerprint density at radius 1 is 0.844 bits per heavy atom. The van der Waals surface area contributed by atoms with Crippen LogP contribution >= 0.6 is 11.8 Å². The van der Waals surface area contributed by atoms with E-state index in [4.69, 9.17) is 4.74 Å². The molecule has 6 heteroatoms. The van der Waals surface area contributed by atoms with Gasteiger partial charge in [-0.15, -0.1) is 11.8 Å². The molecule has 3 aromatic carbocycles. The van der Waals surface area contributed by atoms with Crippen LogP contribution in [-0.4, -0.2) is 17.1 Å². The second-order valence-corrected chi connectivity index (χ2v) is 8.78. The molecule has 1 unspecified atom stereocenters. The van der Waals surface area contributed by atoms with Gasteiger partial charge in [0.2, 0.25) is 11.8 Å². The summed E-state index contributed by atoms with van der Waals surface area (Å²) in [4.78, 5) is 25.4. The molecule has 0 aromatic heterocycles. The Morgan fingerprint density at radius 2 is 1.44 bits per heavy atom. The molecule has 0 saturated heterocycles. The van der Waals surface area contributed by atoms with Crippen molar-refractivity contribution in [2.75, 3.05) is 10.6 Å². The van der Waals surface area contributed by atoms with Crippen molar-refractivity contribution in [2.24, 2.45) is 0 Å². The lowest BCUT2D eigenvalue weighted by Gasteiger charge is -2.13. The van der Waals surface area contributed by atoms with Crippen LogP contribution in [0.3, 0.4) is 0 Å². The summed E-state index contributed by atoms with van der Waals surface area (Å²) in [6.45, 7) is 3.93. The molecule has 166 valence electrons. The maximum atomic E-state index is 12.6. The van der Waals surface area contributed by atoms with Crippen molar-refractivity contribution in [3.8, 4) is 11.5 Å². The van der Waals surface area contributed by atoms with Crippen molar-refractivity contribution in [3.05, 3.63) is 78.9 Å². The maximum Gasteiger partial charge on any atom is 0.237 e. The van der Waals surface area contributed by atoms with Gasteiger partial charge in [-0.25, -0.2) is 0 Å². The van der Waals surface area contributed by atoms with Crippen molar-refractivity contribution < 1.29 is 14.3 Å². The van der Waals surface area contributed by atoms with Crippen molar-refractivity contribution in [1.82, 2.24) is 0 Å². The summed E-state index contributed by atoms with van der Waals surface area (Å²) in [7, 11) is 0. The smallest absolute Gasteiger partial charge is 0.237 e. The number of ether oxygens (including phenoxy) is 1. The van der Waals surface area contributed by atoms with Gasteiger partial charge in [0.1, 0.15) is 11.5 Å². The number of benzene rings is 3. The van der Waals surface area contributed by atoms with E-state index in [0.717, 1.165) is 29.2 Å². The standard InChI is InChI=1S/C26H28N2O3S/c1-3-4-10-25(29)27-20-13-17-24(18-14-20)32-19(2)26(30)28-21-11-15-23(16-12-21)31-22-8-6-5-7-9-22/h5-9,11-19H,3-4,10H2,1-2H3,(H,27,29)(H,28,30). The lowest BCUT2D eigenvalue weighted by molar-refractivity contribution is -0.116. The van der Waals surface area contributed by atoms with Gasteiger partial charge in [-0.05, 0) is 74.0 Å². The predicted octanol–water partition coefficient (Wildman–Crippen LogP) is 6.73. The Balaban J connectivity index is 1.48. The highest BCUT2D eigenvalue weighted by molar-refractivity contribution is 8.00. The number of hydrogen-bond acceptors (Lipinski definition) is 4. The first-order valence-corrected chi connectivity index (χ1v) is 11.6. The van der Waals surface area contributed by atoms with E-state index in [0.29, 0.717) is 17.9 Å². The van der Waals surface area contributed by atoms with Crippen LogP contribution < -0.4 is 15.4 Å². The first kappa shape index (κ1) is 23.4. The fourth-order valence-electron chi connectivity index (χ4n) is 2.91. The van der Waals surface area contributed by atoms with Crippen LogP contribution in [-0.2, 0) is 9.59 Å². The summed E-state index contributed by atoms with van der Waals surface area (Å²) >= 11 is 1.47. The third kappa shape index (κ3) is 7.46. The number of thioether (sulfide) groups is 1. The van der Waals surface area contributed by atoms with E-state index in [1.807, 2.05) is 85.8 Å². The predicted molar refractivity (Wildman–Crippen MR) is 132 cm³/mol. The highest BCUT2D eigenvalue weighted by Crippen LogP contribution is 2.27. The van der Waals surface area contributed by atoms with Crippen molar-refractivity contribution >= 4 is 35.0 Å². The monoisotopic (exact) mass is 448 g/mol. The molecule has 3 rings (SSSR count). The summed E-state index contributed by atoms with van der Waals surface area (Å²) in [6.07, 6.45) is 2.41. The van der Waals surface area contributed by atoms with Gasteiger partial charge in [0.05, 0.1) is 5.25 Å². The molecule has 3 aromatic rings. The molecule has 0 spiro atoms. The third-order valence-electron chi connectivity index (χ3n) is 4.68. The van der Waals surface area contributed by atoms with Crippen LogP contribution in [0.15, 0.2) is 83.8 Å². The highest BCUT2D eigenvalue weighted by Gasteiger charge is 2.15. The molecule has 2 N–H and O–H groups in total. The zero-order valence-electron chi connectivity index (χ0n) is 18.3. The highest BCUT2D eigenvalue weighted by atomic mass is 32.2. The van der Waals surface area contributed by atoms with Gasteiger partial charge in [-0.2, -0.15) is 0 Å². The van der Waals surface area contributed by atoms with E-state index < -0.39 is 0 Å². The number of anilines is 2. The average molecular weight is 449 g/mol. The first-order valence-electron chi connectivity index (χ1n) is 10.7. The Hall–Kier alpha value is -3.25. The first-order chi connectivity index (χ1) is 15.5. The number of hydrogen-bond donors (Lipinski definition) is 2. The molecule has 0 bridgehead atoms. The molecule has 0 aliphatic carbocycles. The minimum atomic E-state index is -0.278. The van der Waals surface area contributed by atoms with Gasteiger partial charge in [0.15, 0.2) is 0 Å². The Morgan fingerprint density at radius 3 is 2.09 bits per heavy atom.